The molecule has 0 aliphatic carbocycles. The lowest BCUT2D eigenvalue weighted by Gasteiger charge is -2.19. The quantitative estimate of drug-likeness (QED) is 0.772. The van der Waals surface area contributed by atoms with Crippen molar-refractivity contribution >= 4 is 0 Å². The SMILES string of the molecule is CCCNC(CC)c1ccc(C)cc1C. The van der Waals surface area contributed by atoms with Crippen LogP contribution in [-0.2, 0) is 0 Å². The largest absolute Gasteiger partial charge is 0.310 e. The van der Waals surface area contributed by atoms with Crippen molar-refractivity contribution in [2.24, 2.45) is 0 Å². The number of rotatable bonds is 5. The first-order chi connectivity index (χ1) is 7.19. The molecule has 0 aromatic heterocycles. The first-order valence-electron chi connectivity index (χ1n) is 5.99. The van der Waals surface area contributed by atoms with Crippen LogP contribution in [0.5, 0.6) is 0 Å². The van der Waals surface area contributed by atoms with Crippen molar-refractivity contribution in [2.45, 2.75) is 46.6 Å². The minimum Gasteiger partial charge on any atom is -0.310 e. The van der Waals surface area contributed by atoms with Crippen molar-refractivity contribution in [1.82, 2.24) is 5.32 Å². The van der Waals surface area contributed by atoms with Gasteiger partial charge in [-0.05, 0) is 44.4 Å². The Balaban J connectivity index is 2.81. The highest BCUT2D eigenvalue weighted by Crippen LogP contribution is 2.21. The summed E-state index contributed by atoms with van der Waals surface area (Å²) in [6.07, 6.45) is 2.35. The molecule has 0 radical (unpaired) electrons. The average molecular weight is 205 g/mol. The fourth-order valence-corrected chi connectivity index (χ4v) is 2.01. The van der Waals surface area contributed by atoms with Crippen LogP contribution in [0.15, 0.2) is 18.2 Å². The second-order valence-corrected chi connectivity index (χ2v) is 4.28. The van der Waals surface area contributed by atoms with Gasteiger partial charge in [0.15, 0.2) is 0 Å². The van der Waals surface area contributed by atoms with E-state index in [1.807, 2.05) is 0 Å². The van der Waals surface area contributed by atoms with Crippen LogP contribution >= 0.6 is 0 Å². The fourth-order valence-electron chi connectivity index (χ4n) is 2.01. The molecule has 0 aliphatic rings. The molecule has 0 heterocycles. The van der Waals surface area contributed by atoms with Crippen LogP contribution < -0.4 is 5.32 Å². The van der Waals surface area contributed by atoms with Crippen LogP contribution in [0.4, 0.5) is 0 Å². The minimum atomic E-state index is 0.519. The van der Waals surface area contributed by atoms with Crippen molar-refractivity contribution in [2.75, 3.05) is 6.54 Å². The Morgan fingerprint density at radius 3 is 2.47 bits per heavy atom. The van der Waals surface area contributed by atoms with Crippen molar-refractivity contribution < 1.29 is 0 Å². The van der Waals surface area contributed by atoms with Crippen molar-refractivity contribution in [3.8, 4) is 0 Å². The molecule has 84 valence electrons. The van der Waals surface area contributed by atoms with Crippen LogP contribution in [0, 0.1) is 13.8 Å². The summed E-state index contributed by atoms with van der Waals surface area (Å²) in [5.41, 5.74) is 4.21. The van der Waals surface area contributed by atoms with Crippen molar-refractivity contribution in [3.63, 3.8) is 0 Å². The molecule has 15 heavy (non-hydrogen) atoms. The number of nitrogens with one attached hydrogen (secondary N) is 1. The van der Waals surface area contributed by atoms with E-state index in [1.165, 1.54) is 23.1 Å². The van der Waals surface area contributed by atoms with Crippen LogP contribution in [0.25, 0.3) is 0 Å². The van der Waals surface area contributed by atoms with E-state index in [-0.39, 0.29) is 0 Å². The predicted octanol–water partition coefficient (Wildman–Crippen LogP) is 3.75. The lowest BCUT2D eigenvalue weighted by molar-refractivity contribution is 0.516. The summed E-state index contributed by atoms with van der Waals surface area (Å²) in [4.78, 5) is 0. The maximum atomic E-state index is 3.60. The Hall–Kier alpha value is -0.820. The summed E-state index contributed by atoms with van der Waals surface area (Å²) in [5.74, 6) is 0. The van der Waals surface area contributed by atoms with Gasteiger partial charge in [0.1, 0.15) is 0 Å². The van der Waals surface area contributed by atoms with E-state index in [9.17, 15) is 0 Å². The second-order valence-electron chi connectivity index (χ2n) is 4.28. The third-order valence-electron chi connectivity index (χ3n) is 2.85. The van der Waals surface area contributed by atoms with E-state index in [0.717, 1.165) is 13.0 Å². The normalized spacial score (nSPS) is 12.8. The highest BCUT2D eigenvalue weighted by molar-refractivity contribution is 5.32. The number of hydrogen-bond acceptors (Lipinski definition) is 1. The standard InChI is InChI=1S/C14H23N/c1-5-9-15-14(6-2)13-8-7-11(3)10-12(13)4/h7-8,10,14-15H,5-6,9H2,1-4H3. The highest BCUT2D eigenvalue weighted by Gasteiger charge is 2.10. The molecular weight excluding hydrogens is 182 g/mol. The van der Waals surface area contributed by atoms with Crippen molar-refractivity contribution in [3.05, 3.63) is 34.9 Å². The maximum absolute atomic E-state index is 3.60. The van der Waals surface area contributed by atoms with Gasteiger partial charge in [-0.15, -0.1) is 0 Å². The Labute approximate surface area is 93.9 Å². The lowest BCUT2D eigenvalue weighted by Crippen LogP contribution is -2.22. The Morgan fingerprint density at radius 2 is 1.93 bits per heavy atom. The van der Waals surface area contributed by atoms with Gasteiger partial charge < -0.3 is 5.32 Å². The molecule has 0 fully saturated rings. The zero-order chi connectivity index (χ0) is 11.3. The third kappa shape index (κ3) is 3.35. The monoisotopic (exact) mass is 205 g/mol. The maximum Gasteiger partial charge on any atom is 0.0320 e. The van der Waals surface area contributed by atoms with Gasteiger partial charge in [-0.2, -0.15) is 0 Å². The van der Waals surface area contributed by atoms with Gasteiger partial charge in [0.25, 0.3) is 0 Å². The average Bonchev–Trinajstić information content (AvgIpc) is 2.21. The molecule has 1 aromatic carbocycles. The molecule has 0 saturated carbocycles. The first kappa shape index (κ1) is 12.3. The Morgan fingerprint density at radius 1 is 1.20 bits per heavy atom. The summed E-state index contributed by atoms with van der Waals surface area (Å²) in [6.45, 7) is 9.91. The fraction of sp³-hybridized carbons (Fsp3) is 0.571. The smallest absolute Gasteiger partial charge is 0.0320 e. The molecule has 0 spiro atoms. The van der Waals surface area contributed by atoms with E-state index < -0.39 is 0 Å². The summed E-state index contributed by atoms with van der Waals surface area (Å²) in [5, 5.41) is 3.60. The van der Waals surface area contributed by atoms with E-state index in [4.69, 9.17) is 0 Å². The molecular formula is C14H23N. The van der Waals surface area contributed by atoms with E-state index in [2.05, 4.69) is 51.2 Å². The molecule has 1 heteroatoms. The number of aryl methyl sites for hydroxylation is 2. The highest BCUT2D eigenvalue weighted by atomic mass is 14.9. The summed E-state index contributed by atoms with van der Waals surface area (Å²) in [6, 6.07) is 7.26. The van der Waals surface area contributed by atoms with Crippen LogP contribution in [0.1, 0.15) is 49.4 Å². The van der Waals surface area contributed by atoms with E-state index in [1.54, 1.807) is 0 Å². The molecule has 0 amide bonds. The molecule has 0 saturated heterocycles. The third-order valence-corrected chi connectivity index (χ3v) is 2.85. The predicted molar refractivity (Wildman–Crippen MR) is 67.2 cm³/mol. The molecule has 1 aromatic rings. The van der Waals surface area contributed by atoms with Gasteiger partial charge in [-0.3, -0.25) is 0 Å². The molecule has 1 rings (SSSR count). The van der Waals surface area contributed by atoms with Gasteiger partial charge in [0.2, 0.25) is 0 Å². The number of hydrogen-bond donors (Lipinski definition) is 1. The topological polar surface area (TPSA) is 12.0 Å². The Kier molecular flexibility index (Phi) is 4.83. The summed E-state index contributed by atoms with van der Waals surface area (Å²) < 4.78 is 0. The van der Waals surface area contributed by atoms with Gasteiger partial charge in [-0.25, -0.2) is 0 Å². The molecule has 1 atom stereocenters. The molecule has 0 bridgehead atoms. The molecule has 1 N–H and O–H groups in total. The number of benzene rings is 1. The zero-order valence-electron chi connectivity index (χ0n) is 10.4. The van der Waals surface area contributed by atoms with Crippen LogP contribution in [0.3, 0.4) is 0 Å². The first-order valence-corrected chi connectivity index (χ1v) is 5.99. The molecule has 0 aliphatic heterocycles. The lowest BCUT2D eigenvalue weighted by atomic mass is 9.97. The van der Waals surface area contributed by atoms with Crippen LogP contribution in [-0.4, -0.2) is 6.54 Å². The minimum absolute atomic E-state index is 0.519. The summed E-state index contributed by atoms with van der Waals surface area (Å²) in [7, 11) is 0. The zero-order valence-corrected chi connectivity index (χ0v) is 10.4. The Bertz CT molecular complexity index is 304. The van der Waals surface area contributed by atoms with Gasteiger partial charge in [0.05, 0.1) is 0 Å². The van der Waals surface area contributed by atoms with Gasteiger partial charge in [-0.1, -0.05) is 37.6 Å². The van der Waals surface area contributed by atoms with Gasteiger partial charge >= 0.3 is 0 Å². The van der Waals surface area contributed by atoms with E-state index >= 15 is 0 Å². The molecule has 1 unspecified atom stereocenters. The van der Waals surface area contributed by atoms with Crippen molar-refractivity contribution in [1.29, 1.82) is 0 Å². The summed E-state index contributed by atoms with van der Waals surface area (Å²) >= 11 is 0. The molecule has 1 nitrogen and oxygen atoms in total. The van der Waals surface area contributed by atoms with E-state index in [0.29, 0.717) is 6.04 Å². The second kappa shape index (κ2) is 5.92. The van der Waals surface area contributed by atoms with Gasteiger partial charge in [0, 0.05) is 6.04 Å². The van der Waals surface area contributed by atoms with Crippen LogP contribution in [0.2, 0.25) is 0 Å².